The van der Waals surface area contributed by atoms with Gasteiger partial charge in [-0.3, -0.25) is 4.79 Å². The number of aromatic nitrogens is 1. The number of amides is 1. The maximum Gasteiger partial charge on any atom is 0.240 e. The summed E-state index contributed by atoms with van der Waals surface area (Å²) in [6.07, 6.45) is 4.88. The summed E-state index contributed by atoms with van der Waals surface area (Å²) in [6, 6.07) is 6.51. The molecule has 0 radical (unpaired) electrons. The molecule has 2 aromatic rings. The fraction of sp³-hybridized carbons (Fsp3) is 0.375. The lowest BCUT2D eigenvalue weighted by molar-refractivity contribution is -0.115. The SMILES string of the molecule is O=C(CNCC1CC1)Nc1ncc(Cc2cccc(F)c2)s1. The summed E-state index contributed by atoms with van der Waals surface area (Å²) in [4.78, 5) is 17.0. The molecule has 1 fully saturated rings. The van der Waals surface area contributed by atoms with Crippen molar-refractivity contribution in [3.8, 4) is 0 Å². The number of carbonyl (C=O) groups is 1. The first-order chi connectivity index (χ1) is 10.7. The molecule has 4 nitrogen and oxygen atoms in total. The van der Waals surface area contributed by atoms with E-state index in [0.717, 1.165) is 22.9 Å². The number of hydrogen-bond donors (Lipinski definition) is 2. The Bertz CT molecular complexity index is 654. The van der Waals surface area contributed by atoms with Crippen LogP contribution in [-0.4, -0.2) is 24.0 Å². The molecule has 1 aliphatic rings. The van der Waals surface area contributed by atoms with Crippen molar-refractivity contribution >= 4 is 22.4 Å². The van der Waals surface area contributed by atoms with Gasteiger partial charge >= 0.3 is 0 Å². The highest BCUT2D eigenvalue weighted by atomic mass is 32.1. The number of anilines is 1. The summed E-state index contributed by atoms with van der Waals surface area (Å²) >= 11 is 1.42. The van der Waals surface area contributed by atoms with E-state index in [1.807, 2.05) is 6.07 Å². The smallest absolute Gasteiger partial charge is 0.240 e. The molecule has 0 bridgehead atoms. The van der Waals surface area contributed by atoms with E-state index in [1.54, 1.807) is 12.3 Å². The lowest BCUT2D eigenvalue weighted by Crippen LogP contribution is -2.29. The molecule has 2 N–H and O–H groups in total. The van der Waals surface area contributed by atoms with Gasteiger partial charge in [0.2, 0.25) is 5.91 Å². The molecule has 0 unspecified atom stereocenters. The van der Waals surface area contributed by atoms with Crippen molar-refractivity contribution in [3.05, 3.63) is 46.7 Å². The van der Waals surface area contributed by atoms with Gasteiger partial charge in [-0.25, -0.2) is 9.37 Å². The van der Waals surface area contributed by atoms with Gasteiger partial charge in [0.25, 0.3) is 0 Å². The number of benzene rings is 1. The molecule has 116 valence electrons. The molecule has 1 aromatic heterocycles. The highest BCUT2D eigenvalue weighted by Gasteiger charge is 2.20. The number of nitrogens with zero attached hydrogens (tertiary/aromatic N) is 1. The summed E-state index contributed by atoms with van der Waals surface area (Å²) in [5.41, 5.74) is 0.896. The van der Waals surface area contributed by atoms with Gasteiger partial charge in [0.15, 0.2) is 5.13 Å². The maximum atomic E-state index is 13.2. The Balaban J connectivity index is 1.48. The Hall–Kier alpha value is -1.79. The lowest BCUT2D eigenvalue weighted by atomic mass is 10.1. The summed E-state index contributed by atoms with van der Waals surface area (Å²) in [6.45, 7) is 1.23. The van der Waals surface area contributed by atoms with E-state index in [-0.39, 0.29) is 11.7 Å². The van der Waals surface area contributed by atoms with Gasteiger partial charge in [0.1, 0.15) is 5.82 Å². The monoisotopic (exact) mass is 319 g/mol. The van der Waals surface area contributed by atoms with Gasteiger partial charge < -0.3 is 10.6 Å². The first kappa shape index (κ1) is 15.1. The maximum absolute atomic E-state index is 13.2. The molecule has 1 amide bonds. The Kier molecular flexibility index (Phi) is 4.80. The average Bonchev–Trinajstić information content (AvgIpc) is 3.20. The first-order valence-electron chi connectivity index (χ1n) is 7.39. The van der Waals surface area contributed by atoms with E-state index < -0.39 is 0 Å². The molecule has 0 spiro atoms. The molecular formula is C16H18FN3OS. The number of halogens is 1. The third-order valence-corrected chi connectivity index (χ3v) is 4.40. The third kappa shape index (κ3) is 4.61. The van der Waals surface area contributed by atoms with Crippen LogP contribution in [-0.2, 0) is 11.2 Å². The van der Waals surface area contributed by atoms with Crippen LogP contribution in [0.15, 0.2) is 30.5 Å². The number of rotatable bonds is 7. The Morgan fingerprint density at radius 3 is 3.05 bits per heavy atom. The normalized spacial score (nSPS) is 14.0. The molecule has 1 heterocycles. The number of hydrogen-bond acceptors (Lipinski definition) is 4. The zero-order chi connectivity index (χ0) is 15.4. The van der Waals surface area contributed by atoms with Crippen molar-refractivity contribution in [2.24, 2.45) is 5.92 Å². The van der Waals surface area contributed by atoms with Crippen molar-refractivity contribution in [1.82, 2.24) is 10.3 Å². The van der Waals surface area contributed by atoms with Gasteiger partial charge in [-0.1, -0.05) is 12.1 Å². The molecule has 0 saturated heterocycles. The quantitative estimate of drug-likeness (QED) is 0.825. The van der Waals surface area contributed by atoms with E-state index in [2.05, 4.69) is 15.6 Å². The molecular weight excluding hydrogens is 301 g/mol. The van der Waals surface area contributed by atoms with Crippen LogP contribution in [0.1, 0.15) is 23.3 Å². The van der Waals surface area contributed by atoms with Crippen LogP contribution in [0, 0.1) is 11.7 Å². The number of nitrogens with one attached hydrogen (secondary N) is 2. The van der Waals surface area contributed by atoms with Crippen LogP contribution in [0.4, 0.5) is 9.52 Å². The van der Waals surface area contributed by atoms with Crippen molar-refractivity contribution in [2.75, 3.05) is 18.4 Å². The van der Waals surface area contributed by atoms with Crippen LogP contribution in [0.25, 0.3) is 0 Å². The molecule has 1 saturated carbocycles. The van der Waals surface area contributed by atoms with Gasteiger partial charge in [0, 0.05) is 17.5 Å². The highest BCUT2D eigenvalue weighted by molar-refractivity contribution is 7.15. The van der Waals surface area contributed by atoms with Gasteiger partial charge in [-0.05, 0) is 43.0 Å². The van der Waals surface area contributed by atoms with E-state index in [9.17, 15) is 9.18 Å². The van der Waals surface area contributed by atoms with Crippen LogP contribution in [0.2, 0.25) is 0 Å². The second-order valence-electron chi connectivity index (χ2n) is 5.56. The Morgan fingerprint density at radius 1 is 1.41 bits per heavy atom. The van der Waals surface area contributed by atoms with Gasteiger partial charge in [-0.2, -0.15) is 0 Å². The fourth-order valence-electron chi connectivity index (χ4n) is 2.17. The zero-order valence-corrected chi connectivity index (χ0v) is 13.0. The number of thiazole rings is 1. The van der Waals surface area contributed by atoms with Crippen LogP contribution < -0.4 is 10.6 Å². The predicted molar refractivity (Wildman–Crippen MR) is 85.5 cm³/mol. The fourth-order valence-corrected chi connectivity index (χ4v) is 3.03. The molecule has 0 atom stereocenters. The third-order valence-electron chi connectivity index (χ3n) is 3.48. The Labute approximate surface area is 132 Å². The summed E-state index contributed by atoms with van der Waals surface area (Å²) in [7, 11) is 0. The molecule has 1 aliphatic carbocycles. The van der Waals surface area contributed by atoms with Crippen LogP contribution in [0.5, 0.6) is 0 Å². The average molecular weight is 319 g/mol. The molecule has 3 rings (SSSR count). The minimum absolute atomic E-state index is 0.0766. The highest BCUT2D eigenvalue weighted by Crippen LogP contribution is 2.27. The van der Waals surface area contributed by atoms with Gasteiger partial charge in [0.05, 0.1) is 6.54 Å². The second kappa shape index (κ2) is 6.98. The minimum Gasteiger partial charge on any atom is -0.308 e. The van der Waals surface area contributed by atoms with E-state index in [1.165, 1.54) is 36.3 Å². The van der Waals surface area contributed by atoms with Crippen LogP contribution >= 0.6 is 11.3 Å². The standard InChI is InChI=1S/C16H18FN3OS/c17-13-3-1-2-12(6-13)7-14-9-19-16(22-14)20-15(21)10-18-8-11-4-5-11/h1-3,6,9,11,18H,4-5,7-8,10H2,(H,19,20,21). The van der Waals surface area contributed by atoms with Crippen molar-refractivity contribution in [2.45, 2.75) is 19.3 Å². The van der Waals surface area contributed by atoms with E-state index in [4.69, 9.17) is 0 Å². The molecule has 6 heteroatoms. The van der Waals surface area contributed by atoms with Crippen molar-refractivity contribution in [1.29, 1.82) is 0 Å². The minimum atomic E-state index is -0.239. The van der Waals surface area contributed by atoms with Gasteiger partial charge in [-0.15, -0.1) is 11.3 Å². The first-order valence-corrected chi connectivity index (χ1v) is 8.20. The van der Waals surface area contributed by atoms with Crippen molar-refractivity contribution < 1.29 is 9.18 Å². The largest absolute Gasteiger partial charge is 0.308 e. The topological polar surface area (TPSA) is 54.0 Å². The number of carbonyl (C=O) groups excluding carboxylic acids is 1. The predicted octanol–water partition coefficient (Wildman–Crippen LogP) is 2.81. The zero-order valence-electron chi connectivity index (χ0n) is 12.1. The summed E-state index contributed by atoms with van der Waals surface area (Å²) in [5, 5.41) is 6.52. The van der Waals surface area contributed by atoms with Crippen LogP contribution in [0.3, 0.4) is 0 Å². The van der Waals surface area contributed by atoms with Crippen molar-refractivity contribution in [3.63, 3.8) is 0 Å². The lowest BCUT2D eigenvalue weighted by Gasteiger charge is -2.03. The Morgan fingerprint density at radius 2 is 2.27 bits per heavy atom. The molecule has 1 aromatic carbocycles. The van der Waals surface area contributed by atoms with E-state index in [0.29, 0.717) is 18.1 Å². The molecule has 0 aliphatic heterocycles. The van der Waals surface area contributed by atoms with E-state index >= 15 is 0 Å². The molecule has 22 heavy (non-hydrogen) atoms. The summed E-state index contributed by atoms with van der Waals surface area (Å²) < 4.78 is 13.2. The summed E-state index contributed by atoms with van der Waals surface area (Å²) in [5.74, 6) is 0.440. The second-order valence-corrected chi connectivity index (χ2v) is 6.68.